The molecule has 116 valence electrons. The zero-order valence-corrected chi connectivity index (χ0v) is 14.0. The lowest BCUT2D eigenvalue weighted by Gasteiger charge is -2.15. The highest BCUT2D eigenvalue weighted by atomic mass is 79.9. The number of halogens is 1. The van der Waals surface area contributed by atoms with Gasteiger partial charge in [-0.15, -0.1) is 0 Å². The predicted octanol–water partition coefficient (Wildman–Crippen LogP) is 3.10. The van der Waals surface area contributed by atoms with Gasteiger partial charge in [0, 0.05) is 6.54 Å². The fourth-order valence-electron chi connectivity index (χ4n) is 1.61. The molecule has 0 fully saturated rings. The van der Waals surface area contributed by atoms with Crippen molar-refractivity contribution >= 4 is 27.7 Å². The van der Waals surface area contributed by atoms with Gasteiger partial charge in [0.15, 0.2) is 0 Å². The van der Waals surface area contributed by atoms with E-state index in [2.05, 4.69) is 42.0 Å². The number of carbonyl (C=O) groups is 1. The van der Waals surface area contributed by atoms with Crippen LogP contribution in [-0.4, -0.2) is 39.9 Å². The summed E-state index contributed by atoms with van der Waals surface area (Å²) in [5.74, 6) is 0. The van der Waals surface area contributed by atoms with E-state index >= 15 is 0 Å². The highest BCUT2D eigenvalue weighted by Gasteiger charge is 2.14. The first-order valence-electron chi connectivity index (χ1n) is 6.57. The normalized spacial score (nSPS) is 14.6. The molecule has 0 aliphatic carbocycles. The lowest BCUT2D eigenvalue weighted by atomic mass is 10.1. The molecule has 0 amide bonds. The first kappa shape index (κ1) is 17.6. The predicted molar refractivity (Wildman–Crippen MR) is 84.1 cm³/mol. The molecule has 6 nitrogen and oxygen atoms in total. The van der Waals surface area contributed by atoms with Gasteiger partial charge in [-0.1, -0.05) is 6.08 Å². The Morgan fingerprint density at radius 1 is 1.43 bits per heavy atom. The molecule has 1 aliphatic rings. The molecule has 21 heavy (non-hydrogen) atoms. The Labute approximate surface area is 132 Å². The molecule has 0 unspecified atom stereocenters. The second kappa shape index (κ2) is 8.09. The van der Waals surface area contributed by atoms with Crippen LogP contribution in [0.15, 0.2) is 23.1 Å². The fraction of sp³-hybridized carbons (Fsp3) is 0.500. The van der Waals surface area contributed by atoms with Crippen LogP contribution in [-0.2, 0) is 4.74 Å². The third-order valence-corrected chi connectivity index (χ3v) is 2.77. The second-order valence-corrected chi connectivity index (χ2v) is 6.20. The van der Waals surface area contributed by atoms with Crippen molar-refractivity contribution in [2.75, 3.05) is 13.1 Å². The maximum Gasteiger partial charge on any atom is 0.506 e. The van der Waals surface area contributed by atoms with Gasteiger partial charge in [0.1, 0.15) is 10.2 Å². The minimum Gasteiger partial charge on any atom is -0.450 e. The van der Waals surface area contributed by atoms with Crippen LogP contribution < -0.4 is 5.32 Å². The van der Waals surface area contributed by atoms with Gasteiger partial charge in [-0.3, -0.25) is 4.98 Å². The Morgan fingerprint density at radius 2 is 2.14 bits per heavy atom. The van der Waals surface area contributed by atoms with Crippen molar-refractivity contribution in [3.05, 3.63) is 28.8 Å². The average molecular weight is 358 g/mol. The van der Waals surface area contributed by atoms with Crippen molar-refractivity contribution in [3.63, 3.8) is 0 Å². The van der Waals surface area contributed by atoms with Crippen molar-refractivity contribution in [1.82, 2.24) is 15.3 Å². The molecular weight excluding hydrogens is 338 g/mol. The standard InChI is InChI=1S/C9H10BrN3.C5H10O3/c10-9-6-12-5-8(13-9)7-1-3-11-4-2-7;1-5(2,3)8-4(6)7/h1,5-6,11H,2-4H2;1-3H3,(H,6,7). The number of aromatic nitrogens is 2. The van der Waals surface area contributed by atoms with Crippen molar-refractivity contribution in [2.45, 2.75) is 32.8 Å². The van der Waals surface area contributed by atoms with E-state index in [9.17, 15) is 4.79 Å². The van der Waals surface area contributed by atoms with Gasteiger partial charge in [0.2, 0.25) is 0 Å². The van der Waals surface area contributed by atoms with Gasteiger partial charge >= 0.3 is 6.16 Å². The summed E-state index contributed by atoms with van der Waals surface area (Å²) in [4.78, 5) is 18.2. The van der Waals surface area contributed by atoms with Crippen molar-refractivity contribution < 1.29 is 14.6 Å². The van der Waals surface area contributed by atoms with Gasteiger partial charge in [-0.05, 0) is 55.2 Å². The van der Waals surface area contributed by atoms with Gasteiger partial charge in [0.25, 0.3) is 0 Å². The SMILES string of the molecule is Brc1cncc(C2=CCNCC2)n1.CC(C)(C)OC(=O)O. The molecule has 0 bridgehead atoms. The molecule has 2 heterocycles. The highest BCUT2D eigenvalue weighted by Crippen LogP contribution is 2.17. The van der Waals surface area contributed by atoms with Gasteiger partial charge in [0.05, 0.1) is 18.1 Å². The molecule has 0 saturated carbocycles. The number of nitrogens with zero attached hydrogens (tertiary/aromatic N) is 2. The minimum atomic E-state index is -1.22. The van der Waals surface area contributed by atoms with E-state index in [0.717, 1.165) is 29.8 Å². The Morgan fingerprint density at radius 3 is 2.57 bits per heavy atom. The van der Waals surface area contributed by atoms with E-state index < -0.39 is 11.8 Å². The smallest absolute Gasteiger partial charge is 0.450 e. The number of nitrogens with one attached hydrogen (secondary N) is 1. The summed E-state index contributed by atoms with van der Waals surface area (Å²) in [6, 6.07) is 0. The van der Waals surface area contributed by atoms with Gasteiger partial charge in [-0.25, -0.2) is 9.78 Å². The van der Waals surface area contributed by atoms with Crippen molar-refractivity contribution in [1.29, 1.82) is 0 Å². The van der Waals surface area contributed by atoms with E-state index in [-0.39, 0.29) is 0 Å². The first-order chi connectivity index (χ1) is 9.78. The second-order valence-electron chi connectivity index (χ2n) is 5.39. The molecule has 0 radical (unpaired) electrons. The first-order valence-corrected chi connectivity index (χ1v) is 7.37. The average Bonchev–Trinajstić information content (AvgIpc) is 2.37. The molecule has 1 aromatic heterocycles. The zero-order valence-electron chi connectivity index (χ0n) is 12.4. The molecule has 0 atom stereocenters. The van der Waals surface area contributed by atoms with Crippen LogP contribution in [0.1, 0.15) is 32.9 Å². The maximum atomic E-state index is 9.79. The largest absolute Gasteiger partial charge is 0.506 e. The lowest BCUT2D eigenvalue weighted by molar-refractivity contribution is 0.0150. The van der Waals surface area contributed by atoms with Crippen molar-refractivity contribution in [2.24, 2.45) is 0 Å². The zero-order chi connectivity index (χ0) is 15.9. The number of ether oxygens (including phenoxy) is 1. The van der Waals surface area contributed by atoms with E-state index in [1.165, 1.54) is 5.57 Å². The fourth-order valence-corrected chi connectivity index (χ4v) is 1.92. The van der Waals surface area contributed by atoms with Crippen LogP contribution in [0.4, 0.5) is 4.79 Å². The van der Waals surface area contributed by atoms with E-state index in [1.807, 2.05) is 6.20 Å². The molecule has 2 N–H and O–H groups in total. The maximum absolute atomic E-state index is 9.79. The quantitative estimate of drug-likeness (QED) is 0.751. The monoisotopic (exact) mass is 357 g/mol. The summed E-state index contributed by atoms with van der Waals surface area (Å²) < 4.78 is 5.15. The van der Waals surface area contributed by atoms with E-state index in [4.69, 9.17) is 5.11 Å². The highest BCUT2D eigenvalue weighted by molar-refractivity contribution is 9.10. The number of rotatable bonds is 1. The molecule has 0 saturated heterocycles. The molecule has 2 rings (SSSR count). The lowest BCUT2D eigenvalue weighted by Crippen LogP contribution is -2.22. The number of hydrogen-bond donors (Lipinski definition) is 2. The summed E-state index contributed by atoms with van der Waals surface area (Å²) >= 11 is 3.31. The number of hydrogen-bond acceptors (Lipinski definition) is 5. The molecule has 7 heteroatoms. The number of carboxylic acid groups (broad SMARTS) is 1. The van der Waals surface area contributed by atoms with E-state index in [1.54, 1.807) is 27.0 Å². The molecule has 0 spiro atoms. The van der Waals surface area contributed by atoms with Crippen LogP contribution in [0.5, 0.6) is 0 Å². The Kier molecular flexibility index (Phi) is 6.77. The summed E-state index contributed by atoms with van der Waals surface area (Å²) in [7, 11) is 0. The van der Waals surface area contributed by atoms with Crippen LogP contribution in [0.2, 0.25) is 0 Å². The minimum absolute atomic E-state index is 0.578. The third kappa shape index (κ3) is 7.77. The Bertz CT molecular complexity index is 512. The molecule has 1 aliphatic heterocycles. The summed E-state index contributed by atoms with van der Waals surface area (Å²) in [6.45, 7) is 7.01. The molecule has 0 aromatic carbocycles. The summed E-state index contributed by atoms with van der Waals surface area (Å²) in [5, 5.41) is 11.3. The molecule has 1 aromatic rings. The topological polar surface area (TPSA) is 84.3 Å². The summed E-state index contributed by atoms with van der Waals surface area (Å²) in [5.41, 5.74) is 1.69. The van der Waals surface area contributed by atoms with Crippen LogP contribution in [0.3, 0.4) is 0 Å². The van der Waals surface area contributed by atoms with Crippen molar-refractivity contribution in [3.8, 4) is 0 Å². The molecular formula is C14H20BrN3O3. The van der Waals surface area contributed by atoms with E-state index in [0.29, 0.717) is 0 Å². The van der Waals surface area contributed by atoms with Gasteiger partial charge < -0.3 is 15.2 Å². The Hall–Kier alpha value is -1.47. The van der Waals surface area contributed by atoms with Gasteiger partial charge in [-0.2, -0.15) is 0 Å². The van der Waals surface area contributed by atoms with Crippen LogP contribution in [0, 0.1) is 0 Å². The Balaban J connectivity index is 0.000000240. The van der Waals surface area contributed by atoms with Crippen LogP contribution >= 0.6 is 15.9 Å². The third-order valence-electron chi connectivity index (χ3n) is 2.39. The van der Waals surface area contributed by atoms with Crippen LogP contribution in [0.25, 0.3) is 5.57 Å². The summed E-state index contributed by atoms with van der Waals surface area (Å²) in [6.07, 6.45) is 5.48.